The van der Waals surface area contributed by atoms with Gasteiger partial charge >= 0.3 is 0 Å². The molecule has 0 aliphatic heterocycles. The highest BCUT2D eigenvalue weighted by Crippen LogP contribution is 2.26. The van der Waals surface area contributed by atoms with Crippen LogP contribution in [0.15, 0.2) is 0 Å². The number of hydrogen-bond donors (Lipinski definition) is 2. The monoisotopic (exact) mass is 211 g/mol. The minimum absolute atomic E-state index is 0.0202. The number of amides is 1. The van der Waals surface area contributed by atoms with E-state index in [1.807, 2.05) is 0 Å². The summed E-state index contributed by atoms with van der Waals surface area (Å²) in [5.74, 6) is 0.401. The summed E-state index contributed by atoms with van der Waals surface area (Å²) in [4.78, 5) is 11.8. The molecule has 2 aliphatic rings. The van der Waals surface area contributed by atoms with Crippen LogP contribution in [0.3, 0.4) is 0 Å². The van der Waals surface area contributed by atoms with Gasteiger partial charge in [0, 0.05) is 5.92 Å². The van der Waals surface area contributed by atoms with Crippen LogP contribution in [0.5, 0.6) is 0 Å². The minimum Gasteiger partial charge on any atom is -0.391 e. The molecule has 2 rings (SSSR count). The Morgan fingerprint density at radius 2 is 1.60 bits per heavy atom. The normalized spacial score (nSPS) is 32.9. The van der Waals surface area contributed by atoms with Crippen LogP contribution in [-0.4, -0.2) is 23.2 Å². The molecule has 15 heavy (non-hydrogen) atoms. The van der Waals surface area contributed by atoms with Gasteiger partial charge in [0.15, 0.2) is 0 Å². The lowest BCUT2D eigenvalue weighted by molar-refractivity contribution is -0.126. The summed E-state index contributed by atoms with van der Waals surface area (Å²) in [7, 11) is 0. The van der Waals surface area contributed by atoms with Gasteiger partial charge in [0.2, 0.25) is 5.91 Å². The van der Waals surface area contributed by atoms with Crippen molar-refractivity contribution in [2.45, 2.75) is 63.5 Å². The summed E-state index contributed by atoms with van der Waals surface area (Å²) in [6.07, 6.45) is 8.14. The first-order chi connectivity index (χ1) is 7.27. The van der Waals surface area contributed by atoms with Crippen LogP contribution in [0.2, 0.25) is 0 Å². The van der Waals surface area contributed by atoms with Gasteiger partial charge in [0.1, 0.15) is 0 Å². The average molecular weight is 211 g/mol. The summed E-state index contributed by atoms with van der Waals surface area (Å²) in [5.41, 5.74) is 0. The lowest BCUT2D eigenvalue weighted by Crippen LogP contribution is -2.46. The van der Waals surface area contributed by atoms with Crippen molar-refractivity contribution < 1.29 is 9.90 Å². The molecule has 0 aromatic rings. The van der Waals surface area contributed by atoms with Gasteiger partial charge < -0.3 is 10.4 Å². The van der Waals surface area contributed by atoms with Gasteiger partial charge in [-0.05, 0) is 25.7 Å². The molecular formula is C12H21NO2. The molecule has 0 bridgehead atoms. The Bertz CT molecular complexity index is 224. The third-order valence-corrected chi connectivity index (χ3v) is 3.78. The lowest BCUT2D eigenvalue weighted by atomic mass is 9.92. The van der Waals surface area contributed by atoms with Crippen LogP contribution < -0.4 is 5.32 Å². The number of rotatable bonds is 2. The van der Waals surface area contributed by atoms with Crippen LogP contribution >= 0.6 is 0 Å². The molecule has 2 atom stereocenters. The number of carbonyl (C=O) groups excluding carboxylic acids is 1. The number of nitrogens with one attached hydrogen (secondary N) is 1. The Balaban J connectivity index is 1.81. The Hall–Kier alpha value is -0.570. The van der Waals surface area contributed by atoms with Gasteiger partial charge in [0.25, 0.3) is 0 Å². The van der Waals surface area contributed by atoms with Crippen LogP contribution in [0.4, 0.5) is 0 Å². The summed E-state index contributed by atoms with van der Waals surface area (Å²) in [6, 6.07) is 0.0202. The second-order valence-electron chi connectivity index (χ2n) is 4.95. The van der Waals surface area contributed by atoms with Crippen molar-refractivity contribution in [2.75, 3.05) is 0 Å². The van der Waals surface area contributed by atoms with Crippen LogP contribution in [0.1, 0.15) is 51.4 Å². The van der Waals surface area contributed by atoms with Crippen molar-refractivity contribution in [3.63, 3.8) is 0 Å². The molecule has 2 fully saturated rings. The molecule has 2 unspecified atom stereocenters. The molecule has 0 spiro atoms. The third kappa shape index (κ3) is 2.71. The fourth-order valence-corrected chi connectivity index (χ4v) is 2.77. The molecule has 2 aliphatic carbocycles. The van der Waals surface area contributed by atoms with Crippen LogP contribution in [-0.2, 0) is 4.79 Å². The van der Waals surface area contributed by atoms with Gasteiger partial charge in [-0.15, -0.1) is 0 Å². The average Bonchev–Trinajstić information content (AvgIpc) is 2.74. The first-order valence-corrected chi connectivity index (χ1v) is 6.26. The zero-order valence-corrected chi connectivity index (χ0v) is 9.24. The molecular weight excluding hydrogens is 190 g/mol. The fourth-order valence-electron chi connectivity index (χ4n) is 2.77. The number of aliphatic hydroxyl groups excluding tert-OH is 1. The molecule has 3 heteroatoms. The summed E-state index contributed by atoms with van der Waals surface area (Å²) >= 11 is 0. The molecule has 86 valence electrons. The van der Waals surface area contributed by atoms with E-state index in [1.165, 1.54) is 12.8 Å². The van der Waals surface area contributed by atoms with E-state index in [9.17, 15) is 9.90 Å². The van der Waals surface area contributed by atoms with Gasteiger partial charge in [-0.3, -0.25) is 4.79 Å². The Labute approximate surface area is 91.2 Å². The van der Waals surface area contributed by atoms with Crippen molar-refractivity contribution in [3.05, 3.63) is 0 Å². The highest BCUT2D eigenvalue weighted by atomic mass is 16.3. The van der Waals surface area contributed by atoms with E-state index in [0.29, 0.717) is 0 Å². The topological polar surface area (TPSA) is 49.3 Å². The molecule has 1 amide bonds. The number of aliphatic hydroxyl groups is 1. The Morgan fingerprint density at radius 1 is 1.00 bits per heavy atom. The van der Waals surface area contributed by atoms with E-state index in [1.54, 1.807) is 0 Å². The van der Waals surface area contributed by atoms with Crippen LogP contribution in [0, 0.1) is 5.92 Å². The van der Waals surface area contributed by atoms with E-state index in [-0.39, 0.29) is 24.0 Å². The maximum absolute atomic E-state index is 11.8. The molecule has 0 radical (unpaired) electrons. The van der Waals surface area contributed by atoms with E-state index in [0.717, 1.165) is 38.5 Å². The predicted molar refractivity (Wildman–Crippen MR) is 58.4 cm³/mol. The predicted octanol–water partition coefficient (Wildman–Crippen LogP) is 1.60. The summed E-state index contributed by atoms with van der Waals surface area (Å²) in [5, 5.41) is 12.8. The number of hydrogen-bond acceptors (Lipinski definition) is 2. The van der Waals surface area contributed by atoms with E-state index in [4.69, 9.17) is 0 Å². The molecule has 2 N–H and O–H groups in total. The van der Waals surface area contributed by atoms with Crippen molar-refractivity contribution in [1.29, 1.82) is 0 Å². The smallest absolute Gasteiger partial charge is 0.223 e. The van der Waals surface area contributed by atoms with Crippen molar-refractivity contribution in [2.24, 2.45) is 5.92 Å². The van der Waals surface area contributed by atoms with E-state index >= 15 is 0 Å². The van der Waals surface area contributed by atoms with E-state index in [2.05, 4.69) is 5.32 Å². The first-order valence-electron chi connectivity index (χ1n) is 6.26. The SMILES string of the molecule is O=C(NC1CCCCC1O)C1CCCC1. The van der Waals surface area contributed by atoms with Crippen molar-refractivity contribution in [1.82, 2.24) is 5.32 Å². The molecule has 3 nitrogen and oxygen atoms in total. The molecule has 2 saturated carbocycles. The van der Waals surface area contributed by atoms with Crippen molar-refractivity contribution in [3.8, 4) is 0 Å². The van der Waals surface area contributed by atoms with Gasteiger partial charge in [0.05, 0.1) is 12.1 Å². The van der Waals surface area contributed by atoms with Gasteiger partial charge in [-0.25, -0.2) is 0 Å². The fraction of sp³-hybridized carbons (Fsp3) is 0.917. The first kappa shape index (κ1) is 10.9. The molecule has 0 heterocycles. The highest BCUT2D eigenvalue weighted by molar-refractivity contribution is 5.79. The summed E-state index contributed by atoms with van der Waals surface area (Å²) < 4.78 is 0. The third-order valence-electron chi connectivity index (χ3n) is 3.78. The minimum atomic E-state index is -0.316. The van der Waals surface area contributed by atoms with Gasteiger partial charge in [-0.2, -0.15) is 0 Å². The molecule has 0 saturated heterocycles. The lowest BCUT2D eigenvalue weighted by Gasteiger charge is -2.29. The van der Waals surface area contributed by atoms with Crippen LogP contribution in [0.25, 0.3) is 0 Å². The molecule has 0 aromatic heterocycles. The zero-order chi connectivity index (χ0) is 10.7. The quantitative estimate of drug-likeness (QED) is 0.729. The number of carbonyl (C=O) groups is 1. The second kappa shape index (κ2) is 4.97. The second-order valence-corrected chi connectivity index (χ2v) is 4.95. The highest BCUT2D eigenvalue weighted by Gasteiger charge is 2.28. The van der Waals surface area contributed by atoms with E-state index < -0.39 is 0 Å². The Kier molecular flexibility index (Phi) is 3.62. The van der Waals surface area contributed by atoms with Crippen molar-refractivity contribution >= 4 is 5.91 Å². The largest absolute Gasteiger partial charge is 0.391 e. The molecule has 0 aromatic carbocycles. The maximum Gasteiger partial charge on any atom is 0.223 e. The maximum atomic E-state index is 11.8. The van der Waals surface area contributed by atoms with Gasteiger partial charge in [-0.1, -0.05) is 25.7 Å². The standard InChI is InChI=1S/C12H21NO2/c14-11-8-4-3-7-10(11)13-12(15)9-5-1-2-6-9/h9-11,14H,1-8H2,(H,13,15). The zero-order valence-electron chi connectivity index (χ0n) is 9.24. The summed E-state index contributed by atoms with van der Waals surface area (Å²) in [6.45, 7) is 0. The Morgan fingerprint density at radius 3 is 2.27 bits per heavy atom.